The Bertz CT molecular complexity index is 858. The van der Waals surface area contributed by atoms with Crippen LogP contribution in [0.2, 0.25) is 0 Å². The van der Waals surface area contributed by atoms with Crippen LogP contribution in [-0.4, -0.2) is 49.2 Å². The lowest BCUT2D eigenvalue weighted by Gasteiger charge is -2.38. The second-order valence-electron chi connectivity index (χ2n) is 7.09. The quantitative estimate of drug-likeness (QED) is 0.440. The number of hydrogen-bond donors (Lipinski definition) is 0. The first-order chi connectivity index (χ1) is 13.4. The van der Waals surface area contributed by atoms with E-state index in [0.29, 0.717) is 13.0 Å². The van der Waals surface area contributed by atoms with Gasteiger partial charge >= 0.3 is 0 Å². The molecule has 0 aliphatic carbocycles. The monoisotopic (exact) mass is 379 g/mol. The highest BCUT2D eigenvalue weighted by atomic mass is 16.5. The number of methoxy groups -OCH3 is 1. The van der Waals surface area contributed by atoms with Crippen molar-refractivity contribution in [2.45, 2.75) is 45.6 Å². The van der Waals surface area contributed by atoms with Gasteiger partial charge in [0, 0.05) is 26.1 Å². The van der Waals surface area contributed by atoms with Crippen LogP contribution in [-0.2, 0) is 9.53 Å². The molecule has 5 heteroatoms. The molecular formula is C23H29N3O2. The van der Waals surface area contributed by atoms with Crippen LogP contribution < -0.4 is 0 Å². The first-order valence-electron chi connectivity index (χ1n) is 9.55. The molecule has 0 spiro atoms. The van der Waals surface area contributed by atoms with Gasteiger partial charge in [-0.2, -0.15) is 0 Å². The Labute approximate surface area is 168 Å². The lowest BCUT2D eigenvalue weighted by atomic mass is 9.94. The summed E-state index contributed by atoms with van der Waals surface area (Å²) in [5.74, 6) is 7.01. The number of likely N-dealkylation sites (tertiary alicyclic amines) is 1. The van der Waals surface area contributed by atoms with E-state index in [9.17, 15) is 4.79 Å². The number of amidine groups is 1. The fraction of sp³-hybridized carbons (Fsp3) is 0.435. The van der Waals surface area contributed by atoms with Gasteiger partial charge in [0.1, 0.15) is 11.5 Å². The highest BCUT2D eigenvalue weighted by Crippen LogP contribution is 2.27. The molecule has 1 fully saturated rings. The zero-order chi connectivity index (χ0) is 20.6. The number of carbonyl (C=O) groups excluding carboxylic acids is 1. The van der Waals surface area contributed by atoms with Crippen LogP contribution in [0.15, 0.2) is 40.3 Å². The van der Waals surface area contributed by atoms with Crippen LogP contribution in [0.25, 0.3) is 0 Å². The zero-order valence-electron chi connectivity index (χ0n) is 17.5. The topological polar surface area (TPSA) is 54.3 Å². The van der Waals surface area contributed by atoms with E-state index in [1.165, 1.54) is 0 Å². The Kier molecular flexibility index (Phi) is 7.71. The van der Waals surface area contributed by atoms with Crippen LogP contribution >= 0.6 is 0 Å². The molecule has 1 aliphatic rings. The van der Waals surface area contributed by atoms with Crippen molar-refractivity contribution in [3.8, 4) is 11.8 Å². The van der Waals surface area contributed by atoms with Crippen LogP contribution in [0.1, 0.15) is 44.2 Å². The Hall–Kier alpha value is -2.71. The average molecular weight is 380 g/mol. The maximum Gasteiger partial charge on any atom is 0.215 e. The molecule has 5 nitrogen and oxygen atoms in total. The van der Waals surface area contributed by atoms with Crippen molar-refractivity contribution in [1.29, 1.82) is 0 Å². The van der Waals surface area contributed by atoms with Gasteiger partial charge in [0.25, 0.3) is 0 Å². The molecule has 1 unspecified atom stereocenters. The summed E-state index contributed by atoms with van der Waals surface area (Å²) in [4.78, 5) is 22.2. The predicted octanol–water partition coefficient (Wildman–Crippen LogP) is 4.07. The minimum absolute atomic E-state index is 0.329. The summed E-state index contributed by atoms with van der Waals surface area (Å²) < 4.78 is 5.55. The van der Waals surface area contributed by atoms with E-state index in [2.05, 4.69) is 23.8 Å². The van der Waals surface area contributed by atoms with Crippen molar-refractivity contribution in [2.24, 2.45) is 9.98 Å². The summed E-state index contributed by atoms with van der Waals surface area (Å²) in [5, 5.41) is 0. The van der Waals surface area contributed by atoms with Crippen molar-refractivity contribution < 1.29 is 9.53 Å². The molecule has 2 rings (SSSR count). The van der Waals surface area contributed by atoms with Crippen molar-refractivity contribution in [1.82, 2.24) is 4.90 Å². The molecule has 0 radical (unpaired) electrons. The molecule has 1 aromatic rings. The van der Waals surface area contributed by atoms with E-state index in [4.69, 9.17) is 9.73 Å². The maximum atomic E-state index is 11.6. The highest BCUT2D eigenvalue weighted by molar-refractivity contribution is 6.09. The Morgan fingerprint density at radius 2 is 2.21 bits per heavy atom. The minimum Gasteiger partial charge on any atom is -0.377 e. The first kappa shape index (κ1) is 21.6. The van der Waals surface area contributed by atoms with E-state index >= 15 is 0 Å². The van der Waals surface area contributed by atoms with Gasteiger partial charge in [-0.3, -0.25) is 9.79 Å². The third-order valence-corrected chi connectivity index (χ3v) is 4.88. The van der Waals surface area contributed by atoms with Crippen molar-refractivity contribution in [3.05, 3.63) is 41.5 Å². The molecule has 1 amide bonds. The van der Waals surface area contributed by atoms with Crippen molar-refractivity contribution >= 4 is 23.6 Å². The molecular weight excluding hydrogens is 350 g/mol. The summed E-state index contributed by atoms with van der Waals surface area (Å²) in [7, 11) is 3.42. The van der Waals surface area contributed by atoms with Gasteiger partial charge in [-0.25, -0.2) is 4.99 Å². The first-order valence-corrected chi connectivity index (χ1v) is 9.55. The van der Waals surface area contributed by atoms with E-state index < -0.39 is 0 Å². The number of rotatable bonds is 5. The SMILES string of the molecule is CC/C=C\C(C#Cc1ccc(C)c(N=C2CCC(C)(OC)CN2C=O)c1)=NC. The second kappa shape index (κ2) is 10.0. The summed E-state index contributed by atoms with van der Waals surface area (Å²) >= 11 is 0. The maximum absolute atomic E-state index is 11.6. The zero-order valence-corrected chi connectivity index (χ0v) is 17.5. The normalized spacial score (nSPS) is 21.7. The Morgan fingerprint density at radius 3 is 2.86 bits per heavy atom. The summed E-state index contributed by atoms with van der Waals surface area (Å²) in [6, 6.07) is 5.93. The van der Waals surface area contributed by atoms with Gasteiger partial charge in [0.05, 0.1) is 17.8 Å². The highest BCUT2D eigenvalue weighted by Gasteiger charge is 2.33. The number of ether oxygens (including phenoxy) is 1. The van der Waals surface area contributed by atoms with Crippen LogP contribution in [0.5, 0.6) is 0 Å². The minimum atomic E-state index is -0.329. The van der Waals surface area contributed by atoms with Gasteiger partial charge in [-0.15, -0.1) is 0 Å². The van der Waals surface area contributed by atoms with E-state index in [1.54, 1.807) is 19.1 Å². The number of amides is 1. The van der Waals surface area contributed by atoms with E-state index in [-0.39, 0.29) is 5.60 Å². The van der Waals surface area contributed by atoms with E-state index in [1.807, 2.05) is 44.2 Å². The molecule has 1 heterocycles. The number of aryl methyl sites for hydroxylation is 1. The molecule has 0 saturated carbocycles. The Morgan fingerprint density at radius 1 is 1.43 bits per heavy atom. The molecule has 1 aliphatic heterocycles. The van der Waals surface area contributed by atoms with Crippen LogP contribution in [0, 0.1) is 18.8 Å². The van der Waals surface area contributed by atoms with Crippen molar-refractivity contribution in [2.75, 3.05) is 20.7 Å². The number of hydrogen-bond acceptors (Lipinski definition) is 4. The number of benzene rings is 1. The lowest BCUT2D eigenvalue weighted by Crippen LogP contribution is -2.49. The summed E-state index contributed by atoms with van der Waals surface area (Å²) in [6.07, 6.45) is 7.26. The number of nitrogens with zero attached hydrogens (tertiary/aromatic N) is 3. The number of carbonyl (C=O) groups is 1. The number of aliphatic imine (C=N–C) groups is 2. The lowest BCUT2D eigenvalue weighted by molar-refractivity contribution is -0.119. The largest absolute Gasteiger partial charge is 0.377 e. The molecule has 0 aromatic heterocycles. The molecule has 1 atom stereocenters. The molecule has 1 saturated heterocycles. The van der Waals surface area contributed by atoms with Crippen LogP contribution in [0.3, 0.4) is 0 Å². The smallest absolute Gasteiger partial charge is 0.215 e. The van der Waals surface area contributed by atoms with Gasteiger partial charge in [0.2, 0.25) is 6.41 Å². The molecule has 28 heavy (non-hydrogen) atoms. The molecule has 148 valence electrons. The fourth-order valence-corrected chi connectivity index (χ4v) is 2.92. The third kappa shape index (κ3) is 5.64. The Balaban J connectivity index is 2.30. The van der Waals surface area contributed by atoms with Crippen molar-refractivity contribution in [3.63, 3.8) is 0 Å². The second-order valence-corrected chi connectivity index (χ2v) is 7.09. The molecule has 1 aromatic carbocycles. The summed E-state index contributed by atoms with van der Waals surface area (Å²) in [5.41, 5.74) is 3.15. The summed E-state index contributed by atoms with van der Waals surface area (Å²) in [6.45, 7) is 6.60. The van der Waals surface area contributed by atoms with Crippen LogP contribution in [0.4, 0.5) is 5.69 Å². The number of allylic oxidation sites excluding steroid dienone is 2. The van der Waals surface area contributed by atoms with Gasteiger partial charge < -0.3 is 9.64 Å². The van der Waals surface area contributed by atoms with Gasteiger partial charge in [0.15, 0.2) is 0 Å². The van der Waals surface area contributed by atoms with Gasteiger partial charge in [-0.1, -0.05) is 25.0 Å². The average Bonchev–Trinajstić information content (AvgIpc) is 2.71. The third-order valence-electron chi connectivity index (χ3n) is 4.88. The molecule has 0 N–H and O–H groups in total. The predicted molar refractivity (Wildman–Crippen MR) is 115 cm³/mol. The van der Waals surface area contributed by atoms with Gasteiger partial charge in [-0.05, 0) is 56.4 Å². The molecule has 0 bridgehead atoms. The number of piperidine rings is 1. The standard InChI is InChI=1S/C23H29N3O2/c1-6-7-8-20(24-4)12-11-19-10-9-18(2)21(15-19)25-22-13-14-23(3,28-5)16-26(22)17-27/h7-10,15,17H,6,13-14,16H2,1-5H3/b8-7-,24-20?,25-22?. The fourth-order valence-electron chi connectivity index (χ4n) is 2.92. The van der Waals surface area contributed by atoms with E-state index in [0.717, 1.165) is 47.6 Å².